The van der Waals surface area contributed by atoms with Crippen molar-refractivity contribution in [2.75, 3.05) is 12.4 Å². The Hall–Kier alpha value is -3.29. The number of ether oxygens (including phenoxy) is 1. The van der Waals surface area contributed by atoms with Gasteiger partial charge in [0.25, 0.3) is 5.91 Å². The minimum atomic E-state index is -0.689. The number of carbonyl (C=O) groups is 3. The minimum Gasteiger partial charge on any atom is -0.444 e. The summed E-state index contributed by atoms with van der Waals surface area (Å²) >= 11 is 0. The largest absolute Gasteiger partial charge is 0.444 e. The van der Waals surface area contributed by atoms with Gasteiger partial charge in [-0.15, -0.1) is 6.58 Å². The van der Waals surface area contributed by atoms with Crippen LogP contribution in [0.4, 0.5) is 10.5 Å². The van der Waals surface area contributed by atoms with E-state index in [0.29, 0.717) is 36.1 Å². The summed E-state index contributed by atoms with van der Waals surface area (Å²) in [4.78, 5) is 37.6. The van der Waals surface area contributed by atoms with Crippen LogP contribution in [0.15, 0.2) is 37.1 Å². The molecule has 4 N–H and O–H groups in total. The summed E-state index contributed by atoms with van der Waals surface area (Å²) in [6.07, 6.45) is 2.76. The molecule has 8 heteroatoms. The zero-order chi connectivity index (χ0) is 25.2. The number of nitrogens with one attached hydrogen (secondary N) is 4. The summed E-state index contributed by atoms with van der Waals surface area (Å²) in [6, 6.07) is 2.91. The molecule has 0 aliphatic rings. The van der Waals surface area contributed by atoms with Crippen LogP contribution in [0.1, 0.15) is 68.9 Å². The normalized spacial score (nSPS) is 11.7. The van der Waals surface area contributed by atoms with E-state index in [1.807, 2.05) is 19.9 Å². The van der Waals surface area contributed by atoms with Crippen molar-refractivity contribution in [1.29, 1.82) is 0 Å². The van der Waals surface area contributed by atoms with Gasteiger partial charge >= 0.3 is 6.09 Å². The van der Waals surface area contributed by atoms with E-state index >= 15 is 0 Å². The van der Waals surface area contributed by atoms with Gasteiger partial charge in [-0.05, 0) is 70.2 Å². The van der Waals surface area contributed by atoms with Crippen molar-refractivity contribution < 1.29 is 19.1 Å². The number of alkyl carbamates (subject to hydrolysis) is 1. The summed E-state index contributed by atoms with van der Waals surface area (Å²) in [5.41, 5.74) is 2.74. The maximum absolute atomic E-state index is 13.3. The number of amides is 3. The second-order valence-electron chi connectivity index (χ2n) is 8.79. The maximum Gasteiger partial charge on any atom is 0.407 e. The van der Waals surface area contributed by atoms with E-state index in [0.717, 1.165) is 11.3 Å². The van der Waals surface area contributed by atoms with Crippen LogP contribution in [0.25, 0.3) is 0 Å². The van der Waals surface area contributed by atoms with Gasteiger partial charge in [-0.2, -0.15) is 0 Å². The van der Waals surface area contributed by atoms with Crippen molar-refractivity contribution in [2.45, 2.75) is 72.1 Å². The summed E-state index contributed by atoms with van der Waals surface area (Å²) in [5.74, 6) is -0.639. The van der Waals surface area contributed by atoms with Crippen LogP contribution in [0.2, 0.25) is 0 Å². The van der Waals surface area contributed by atoms with Gasteiger partial charge < -0.3 is 26.0 Å². The fourth-order valence-corrected chi connectivity index (χ4v) is 3.21. The molecule has 0 aliphatic carbocycles. The molecule has 1 unspecified atom stereocenters. The summed E-state index contributed by atoms with van der Waals surface area (Å²) in [7, 11) is 1.53. The molecule has 0 heterocycles. The van der Waals surface area contributed by atoms with Gasteiger partial charge in [-0.1, -0.05) is 19.6 Å². The van der Waals surface area contributed by atoms with E-state index in [2.05, 4.69) is 34.4 Å². The number of anilines is 1. The highest BCUT2D eigenvalue weighted by molar-refractivity contribution is 6.00. The lowest BCUT2D eigenvalue weighted by atomic mass is 9.97. The van der Waals surface area contributed by atoms with Crippen LogP contribution in [-0.4, -0.2) is 36.6 Å². The molecule has 0 bridgehead atoms. The van der Waals surface area contributed by atoms with E-state index in [4.69, 9.17) is 4.74 Å². The molecule has 33 heavy (non-hydrogen) atoms. The number of benzene rings is 1. The Morgan fingerprint density at radius 2 is 1.88 bits per heavy atom. The second-order valence-corrected chi connectivity index (χ2v) is 8.79. The number of hydrogen-bond donors (Lipinski definition) is 4. The van der Waals surface area contributed by atoms with E-state index in [1.54, 1.807) is 32.9 Å². The molecule has 0 radical (unpaired) electrons. The van der Waals surface area contributed by atoms with Crippen LogP contribution in [-0.2, 0) is 22.5 Å². The molecular weight excluding hydrogens is 420 g/mol. The third-order valence-corrected chi connectivity index (χ3v) is 4.62. The smallest absolute Gasteiger partial charge is 0.407 e. The Labute approximate surface area is 197 Å². The number of likely N-dealkylation sites (N-methyl/N-ethyl adjacent to an activating group) is 1. The first-order valence-electron chi connectivity index (χ1n) is 11.1. The fourth-order valence-electron chi connectivity index (χ4n) is 3.21. The topological polar surface area (TPSA) is 109 Å². The van der Waals surface area contributed by atoms with E-state index < -0.39 is 17.7 Å². The molecule has 1 aromatic carbocycles. The Morgan fingerprint density at radius 1 is 1.21 bits per heavy atom. The highest BCUT2D eigenvalue weighted by Crippen LogP contribution is 2.25. The van der Waals surface area contributed by atoms with Crippen molar-refractivity contribution in [3.05, 3.63) is 53.8 Å². The zero-order valence-electron chi connectivity index (χ0n) is 20.7. The molecule has 1 aromatic rings. The third-order valence-electron chi connectivity index (χ3n) is 4.62. The van der Waals surface area contributed by atoms with Gasteiger partial charge in [0.1, 0.15) is 11.6 Å². The lowest BCUT2D eigenvalue weighted by Crippen LogP contribution is -2.45. The van der Waals surface area contributed by atoms with E-state index in [-0.39, 0.29) is 18.4 Å². The second kappa shape index (κ2) is 12.7. The minimum absolute atomic E-state index is 0.166. The van der Waals surface area contributed by atoms with Crippen LogP contribution < -0.4 is 21.3 Å². The van der Waals surface area contributed by atoms with Crippen molar-refractivity contribution in [1.82, 2.24) is 16.0 Å². The molecule has 0 saturated heterocycles. The number of carbonyl (C=O) groups excluding carboxylic acids is 3. The molecule has 0 aliphatic heterocycles. The SMILES string of the molecule is C=CCCC(NC(=O)c1cc(CNC(=O)OC(C)(C)C)cc(NC(=C)C)c1CC)C(=O)NC. The first-order valence-corrected chi connectivity index (χ1v) is 11.1. The molecule has 3 amide bonds. The molecule has 0 aromatic heterocycles. The Bertz CT molecular complexity index is 887. The molecule has 0 saturated carbocycles. The van der Waals surface area contributed by atoms with Gasteiger partial charge in [-0.3, -0.25) is 9.59 Å². The number of rotatable bonds is 11. The van der Waals surface area contributed by atoms with Gasteiger partial charge in [0.05, 0.1) is 0 Å². The summed E-state index contributed by atoms with van der Waals surface area (Å²) in [5, 5.41) is 11.3. The maximum atomic E-state index is 13.3. The molecule has 0 spiro atoms. The summed E-state index contributed by atoms with van der Waals surface area (Å²) in [6.45, 7) is 16.9. The van der Waals surface area contributed by atoms with Gasteiger partial charge in [-0.25, -0.2) is 4.79 Å². The van der Waals surface area contributed by atoms with Crippen LogP contribution in [0.3, 0.4) is 0 Å². The van der Waals surface area contributed by atoms with Crippen LogP contribution in [0.5, 0.6) is 0 Å². The predicted octanol–water partition coefficient (Wildman–Crippen LogP) is 4.03. The van der Waals surface area contributed by atoms with E-state index in [1.165, 1.54) is 7.05 Å². The fraction of sp³-hybridized carbons (Fsp3) is 0.480. The monoisotopic (exact) mass is 458 g/mol. The van der Waals surface area contributed by atoms with Gasteiger partial charge in [0, 0.05) is 30.5 Å². The third kappa shape index (κ3) is 9.39. The summed E-state index contributed by atoms with van der Waals surface area (Å²) < 4.78 is 5.29. The van der Waals surface area contributed by atoms with Crippen molar-refractivity contribution in [2.24, 2.45) is 0 Å². The number of hydrogen-bond acceptors (Lipinski definition) is 5. The predicted molar refractivity (Wildman–Crippen MR) is 132 cm³/mol. The molecule has 1 rings (SSSR count). The average Bonchev–Trinajstić information content (AvgIpc) is 2.72. The Kier molecular flexibility index (Phi) is 10.7. The molecule has 0 fully saturated rings. The Morgan fingerprint density at radius 3 is 2.39 bits per heavy atom. The van der Waals surface area contributed by atoms with Crippen molar-refractivity contribution >= 4 is 23.6 Å². The highest BCUT2D eigenvalue weighted by Gasteiger charge is 2.23. The van der Waals surface area contributed by atoms with Crippen molar-refractivity contribution in [3.8, 4) is 0 Å². The Balaban J connectivity index is 3.28. The first kappa shape index (κ1) is 27.7. The standard InChI is InChI=1S/C25H38N4O4/c1-9-11-12-20(23(31)26-8)29-22(30)19-13-17(15-27-24(32)33-25(5,6)7)14-21(18(19)10-2)28-16(3)4/h9,13-14,20,28H,1,3,10-12,15H2,2,4-8H3,(H,26,31)(H,27,32)(H,29,30). The van der Waals surface area contributed by atoms with Crippen molar-refractivity contribution in [3.63, 3.8) is 0 Å². The molecule has 8 nitrogen and oxygen atoms in total. The van der Waals surface area contributed by atoms with Gasteiger partial charge in [0.2, 0.25) is 5.91 Å². The average molecular weight is 459 g/mol. The lowest BCUT2D eigenvalue weighted by molar-refractivity contribution is -0.122. The van der Waals surface area contributed by atoms with Crippen LogP contribution >= 0.6 is 0 Å². The first-order chi connectivity index (χ1) is 15.4. The molecule has 182 valence electrons. The lowest BCUT2D eigenvalue weighted by Gasteiger charge is -2.22. The van der Waals surface area contributed by atoms with Gasteiger partial charge in [0.15, 0.2) is 0 Å². The zero-order valence-corrected chi connectivity index (χ0v) is 20.7. The highest BCUT2D eigenvalue weighted by atomic mass is 16.6. The van der Waals surface area contributed by atoms with Crippen LogP contribution in [0, 0.1) is 0 Å². The molecule has 1 atom stereocenters. The van der Waals surface area contributed by atoms with E-state index in [9.17, 15) is 14.4 Å². The quantitative estimate of drug-likeness (QED) is 0.375. The number of allylic oxidation sites excluding steroid dienone is 2. The molecular formula is C25H38N4O4.